The highest BCUT2D eigenvalue weighted by molar-refractivity contribution is 7.20. The van der Waals surface area contributed by atoms with Gasteiger partial charge in [0.25, 0.3) is 11.5 Å². The van der Waals surface area contributed by atoms with E-state index in [1.54, 1.807) is 6.92 Å². The third-order valence-corrected chi connectivity index (χ3v) is 5.46. The molecule has 1 unspecified atom stereocenters. The Morgan fingerprint density at radius 1 is 1.38 bits per heavy atom. The standard InChI is InChI=1S/C18H17N3O4S/c1-10-14-16(22)20-9-21-18(14)26-15(10)17(23)19-7-6-11-8-24-12-4-2-3-5-13(12)25-11/h2-5,9,11H,6-8H2,1H3,(H,19,23)(H,20,21,22). The normalized spacial score (nSPS) is 15.8. The Labute approximate surface area is 153 Å². The number of thiophene rings is 1. The van der Waals surface area contributed by atoms with E-state index in [4.69, 9.17) is 9.47 Å². The minimum atomic E-state index is -0.228. The van der Waals surface area contributed by atoms with Crippen molar-refractivity contribution in [2.75, 3.05) is 13.2 Å². The molecule has 0 fully saturated rings. The molecule has 0 aliphatic carbocycles. The van der Waals surface area contributed by atoms with Crippen LogP contribution in [0.4, 0.5) is 0 Å². The summed E-state index contributed by atoms with van der Waals surface area (Å²) in [7, 11) is 0. The van der Waals surface area contributed by atoms with E-state index < -0.39 is 0 Å². The molecule has 26 heavy (non-hydrogen) atoms. The van der Waals surface area contributed by atoms with Gasteiger partial charge in [-0.15, -0.1) is 11.3 Å². The molecule has 3 aromatic rings. The van der Waals surface area contributed by atoms with E-state index in [1.807, 2.05) is 24.3 Å². The van der Waals surface area contributed by atoms with Crippen molar-refractivity contribution in [3.63, 3.8) is 0 Å². The van der Waals surface area contributed by atoms with Crippen molar-refractivity contribution in [1.82, 2.24) is 15.3 Å². The summed E-state index contributed by atoms with van der Waals surface area (Å²) < 4.78 is 11.5. The summed E-state index contributed by atoms with van der Waals surface area (Å²) in [6.07, 6.45) is 1.86. The summed E-state index contributed by atoms with van der Waals surface area (Å²) >= 11 is 1.22. The number of nitrogens with one attached hydrogen (secondary N) is 2. The average Bonchev–Trinajstić information content (AvgIpc) is 2.99. The fourth-order valence-electron chi connectivity index (χ4n) is 2.93. The van der Waals surface area contributed by atoms with Crippen molar-refractivity contribution in [2.45, 2.75) is 19.4 Å². The number of carbonyl (C=O) groups is 1. The van der Waals surface area contributed by atoms with Gasteiger partial charge in [0.15, 0.2) is 11.5 Å². The Bertz CT molecular complexity index is 1030. The van der Waals surface area contributed by atoms with E-state index in [-0.39, 0.29) is 17.6 Å². The number of benzene rings is 1. The molecule has 1 aliphatic heterocycles. The third-order valence-electron chi connectivity index (χ3n) is 4.26. The number of aromatic nitrogens is 2. The maximum absolute atomic E-state index is 12.5. The molecule has 3 heterocycles. The van der Waals surface area contributed by atoms with E-state index >= 15 is 0 Å². The molecule has 134 valence electrons. The predicted octanol–water partition coefficient (Wildman–Crippen LogP) is 2.25. The SMILES string of the molecule is Cc1c(C(=O)NCCC2COc3ccccc3O2)sc2nc[nH]c(=O)c12. The molecule has 1 amide bonds. The number of hydrogen-bond acceptors (Lipinski definition) is 6. The van der Waals surface area contributed by atoms with Crippen molar-refractivity contribution in [1.29, 1.82) is 0 Å². The first-order valence-corrected chi connectivity index (χ1v) is 9.08. The lowest BCUT2D eigenvalue weighted by atomic mass is 10.2. The molecule has 4 rings (SSSR count). The number of carbonyl (C=O) groups excluding carboxylic acids is 1. The van der Waals surface area contributed by atoms with Gasteiger partial charge in [0.05, 0.1) is 16.6 Å². The number of amides is 1. The van der Waals surface area contributed by atoms with Crippen molar-refractivity contribution >= 4 is 27.5 Å². The number of H-pyrrole nitrogens is 1. The van der Waals surface area contributed by atoms with Gasteiger partial charge in [0, 0.05) is 13.0 Å². The van der Waals surface area contributed by atoms with Gasteiger partial charge in [-0.25, -0.2) is 4.98 Å². The number of aryl methyl sites for hydroxylation is 1. The van der Waals surface area contributed by atoms with Crippen LogP contribution in [0, 0.1) is 6.92 Å². The molecule has 2 N–H and O–H groups in total. The summed E-state index contributed by atoms with van der Waals surface area (Å²) in [6, 6.07) is 7.53. The first-order valence-electron chi connectivity index (χ1n) is 8.27. The molecule has 2 aromatic heterocycles. The highest BCUT2D eigenvalue weighted by atomic mass is 32.1. The number of rotatable bonds is 4. The average molecular weight is 371 g/mol. The Hall–Kier alpha value is -2.87. The monoisotopic (exact) mass is 371 g/mol. The number of ether oxygens (including phenoxy) is 2. The number of fused-ring (bicyclic) bond motifs is 2. The second-order valence-corrected chi connectivity index (χ2v) is 7.01. The Morgan fingerprint density at radius 2 is 2.19 bits per heavy atom. The zero-order valence-electron chi connectivity index (χ0n) is 14.1. The second kappa shape index (κ2) is 6.80. The van der Waals surface area contributed by atoms with E-state index in [0.29, 0.717) is 40.2 Å². The smallest absolute Gasteiger partial charge is 0.261 e. The van der Waals surface area contributed by atoms with Crippen LogP contribution in [0.2, 0.25) is 0 Å². The fourth-order valence-corrected chi connectivity index (χ4v) is 3.99. The maximum Gasteiger partial charge on any atom is 0.261 e. The molecule has 7 nitrogen and oxygen atoms in total. The summed E-state index contributed by atoms with van der Waals surface area (Å²) in [5.41, 5.74) is 0.428. The van der Waals surface area contributed by atoms with Crippen LogP contribution in [0.15, 0.2) is 35.4 Å². The molecule has 0 spiro atoms. The first-order chi connectivity index (χ1) is 12.6. The van der Waals surface area contributed by atoms with Crippen molar-refractivity contribution in [3.05, 3.63) is 51.4 Å². The van der Waals surface area contributed by atoms with Gasteiger partial charge in [0.2, 0.25) is 0 Å². The zero-order valence-corrected chi connectivity index (χ0v) is 14.9. The molecule has 0 saturated carbocycles. The van der Waals surface area contributed by atoms with E-state index in [0.717, 1.165) is 11.5 Å². The van der Waals surface area contributed by atoms with Crippen LogP contribution in [0.3, 0.4) is 0 Å². The van der Waals surface area contributed by atoms with Crippen LogP contribution >= 0.6 is 11.3 Å². The minimum absolute atomic E-state index is 0.113. The lowest BCUT2D eigenvalue weighted by Crippen LogP contribution is -2.34. The van der Waals surface area contributed by atoms with Crippen LogP contribution < -0.4 is 20.3 Å². The summed E-state index contributed by atoms with van der Waals surface area (Å²) in [5, 5.41) is 3.36. The molecule has 0 bridgehead atoms. The predicted molar refractivity (Wildman–Crippen MR) is 98.3 cm³/mol. The van der Waals surface area contributed by atoms with Crippen LogP contribution in [-0.2, 0) is 0 Å². The van der Waals surface area contributed by atoms with Crippen LogP contribution in [0.5, 0.6) is 11.5 Å². The summed E-state index contributed by atoms with van der Waals surface area (Å²) in [4.78, 5) is 32.1. The Kier molecular flexibility index (Phi) is 4.34. The van der Waals surface area contributed by atoms with Gasteiger partial charge in [0.1, 0.15) is 17.5 Å². The highest BCUT2D eigenvalue weighted by Crippen LogP contribution is 2.31. The molecular formula is C18H17N3O4S. The number of hydrogen-bond donors (Lipinski definition) is 2. The molecular weight excluding hydrogens is 354 g/mol. The molecule has 0 saturated heterocycles. The van der Waals surface area contributed by atoms with Crippen molar-refractivity contribution in [3.8, 4) is 11.5 Å². The number of nitrogens with zero attached hydrogens (tertiary/aromatic N) is 1. The van der Waals surface area contributed by atoms with Gasteiger partial charge in [-0.2, -0.15) is 0 Å². The van der Waals surface area contributed by atoms with Gasteiger partial charge in [-0.1, -0.05) is 12.1 Å². The minimum Gasteiger partial charge on any atom is -0.486 e. The Morgan fingerprint density at radius 3 is 3.00 bits per heavy atom. The van der Waals surface area contributed by atoms with Crippen LogP contribution in [0.1, 0.15) is 21.7 Å². The van der Waals surface area contributed by atoms with E-state index in [2.05, 4.69) is 15.3 Å². The lowest BCUT2D eigenvalue weighted by molar-refractivity contribution is 0.0814. The number of aromatic amines is 1. The lowest BCUT2D eigenvalue weighted by Gasteiger charge is -2.26. The van der Waals surface area contributed by atoms with Gasteiger partial charge in [-0.3, -0.25) is 9.59 Å². The van der Waals surface area contributed by atoms with Gasteiger partial charge >= 0.3 is 0 Å². The third kappa shape index (κ3) is 3.03. The summed E-state index contributed by atoms with van der Waals surface area (Å²) in [5.74, 6) is 1.26. The maximum atomic E-state index is 12.5. The van der Waals surface area contributed by atoms with E-state index in [9.17, 15) is 9.59 Å². The van der Waals surface area contributed by atoms with Gasteiger partial charge < -0.3 is 19.8 Å². The second-order valence-electron chi connectivity index (χ2n) is 6.01. The zero-order chi connectivity index (χ0) is 18.1. The fraction of sp³-hybridized carbons (Fsp3) is 0.278. The van der Waals surface area contributed by atoms with Gasteiger partial charge in [-0.05, 0) is 24.6 Å². The van der Waals surface area contributed by atoms with Crippen molar-refractivity contribution in [2.24, 2.45) is 0 Å². The molecule has 8 heteroatoms. The molecule has 1 aliphatic rings. The molecule has 1 atom stereocenters. The van der Waals surface area contributed by atoms with Crippen LogP contribution in [-0.4, -0.2) is 35.1 Å². The molecule has 1 aromatic carbocycles. The topological polar surface area (TPSA) is 93.3 Å². The highest BCUT2D eigenvalue weighted by Gasteiger charge is 2.22. The quantitative estimate of drug-likeness (QED) is 0.734. The first kappa shape index (κ1) is 16.6. The summed E-state index contributed by atoms with van der Waals surface area (Å²) in [6.45, 7) is 2.67. The van der Waals surface area contributed by atoms with Crippen LogP contribution in [0.25, 0.3) is 10.2 Å². The van der Waals surface area contributed by atoms with E-state index in [1.165, 1.54) is 17.7 Å². The molecule has 0 radical (unpaired) electrons. The Balaban J connectivity index is 1.39. The largest absolute Gasteiger partial charge is 0.486 e. The van der Waals surface area contributed by atoms with Crippen molar-refractivity contribution < 1.29 is 14.3 Å². The number of para-hydroxylation sites is 2.